The van der Waals surface area contributed by atoms with Gasteiger partial charge in [-0.05, 0) is 56.5 Å². The monoisotopic (exact) mass is 370 g/mol. The lowest BCUT2D eigenvalue weighted by Crippen LogP contribution is -2.49. The molecule has 2 aromatic rings. The largest absolute Gasteiger partial charge is 0.483 e. The number of amides is 2. The Labute approximate surface area is 159 Å². The van der Waals surface area contributed by atoms with Crippen LogP contribution in [0.1, 0.15) is 30.0 Å². The SMILES string of the molecule is CCC(Oc1cccc(C)c1)C(=O)NNC(=O)COc1ccc(C)cc1C. The van der Waals surface area contributed by atoms with Crippen molar-refractivity contribution in [2.45, 2.75) is 40.2 Å². The normalized spacial score (nSPS) is 11.4. The van der Waals surface area contributed by atoms with Crippen LogP contribution in [0.3, 0.4) is 0 Å². The molecule has 0 fully saturated rings. The van der Waals surface area contributed by atoms with Crippen LogP contribution in [0.25, 0.3) is 0 Å². The molecule has 0 radical (unpaired) electrons. The third kappa shape index (κ3) is 6.33. The van der Waals surface area contributed by atoms with Crippen LogP contribution in [-0.4, -0.2) is 24.5 Å². The third-order valence-corrected chi connectivity index (χ3v) is 3.95. The zero-order valence-electron chi connectivity index (χ0n) is 16.2. The van der Waals surface area contributed by atoms with E-state index in [4.69, 9.17) is 9.47 Å². The first-order valence-corrected chi connectivity index (χ1v) is 8.91. The van der Waals surface area contributed by atoms with E-state index in [2.05, 4.69) is 10.9 Å². The minimum atomic E-state index is -0.702. The van der Waals surface area contributed by atoms with E-state index in [1.807, 2.05) is 64.1 Å². The lowest BCUT2D eigenvalue weighted by atomic mass is 10.1. The van der Waals surface area contributed by atoms with Crippen LogP contribution in [-0.2, 0) is 9.59 Å². The van der Waals surface area contributed by atoms with E-state index in [0.717, 1.165) is 16.7 Å². The maximum Gasteiger partial charge on any atom is 0.279 e. The highest BCUT2D eigenvalue weighted by molar-refractivity contribution is 5.85. The fraction of sp³-hybridized carbons (Fsp3) is 0.333. The molecule has 1 unspecified atom stereocenters. The highest BCUT2D eigenvalue weighted by atomic mass is 16.5. The van der Waals surface area contributed by atoms with Gasteiger partial charge >= 0.3 is 0 Å². The Bertz CT molecular complexity index is 805. The summed E-state index contributed by atoms with van der Waals surface area (Å²) in [4.78, 5) is 24.2. The summed E-state index contributed by atoms with van der Waals surface area (Å²) in [6.45, 7) is 7.49. The Morgan fingerprint density at radius 3 is 2.41 bits per heavy atom. The molecule has 2 amide bonds. The predicted octanol–water partition coefficient (Wildman–Crippen LogP) is 3.00. The van der Waals surface area contributed by atoms with Gasteiger partial charge in [0.05, 0.1) is 0 Å². The number of aryl methyl sites for hydroxylation is 3. The lowest BCUT2D eigenvalue weighted by molar-refractivity contribution is -0.134. The van der Waals surface area contributed by atoms with Gasteiger partial charge in [-0.2, -0.15) is 0 Å². The van der Waals surface area contributed by atoms with E-state index in [9.17, 15) is 9.59 Å². The van der Waals surface area contributed by atoms with E-state index in [1.54, 1.807) is 6.07 Å². The van der Waals surface area contributed by atoms with Gasteiger partial charge in [-0.15, -0.1) is 0 Å². The summed E-state index contributed by atoms with van der Waals surface area (Å²) in [5, 5.41) is 0. The number of benzene rings is 2. The molecule has 144 valence electrons. The molecule has 0 aromatic heterocycles. The molecular formula is C21H26N2O4. The van der Waals surface area contributed by atoms with Crippen molar-refractivity contribution in [3.63, 3.8) is 0 Å². The summed E-state index contributed by atoms with van der Waals surface area (Å²) in [6, 6.07) is 13.2. The Kier molecular flexibility index (Phi) is 7.23. The van der Waals surface area contributed by atoms with Crippen molar-refractivity contribution in [1.82, 2.24) is 10.9 Å². The van der Waals surface area contributed by atoms with Crippen LogP contribution in [0, 0.1) is 20.8 Å². The number of ether oxygens (including phenoxy) is 2. The van der Waals surface area contributed by atoms with E-state index < -0.39 is 17.9 Å². The molecule has 27 heavy (non-hydrogen) atoms. The first-order chi connectivity index (χ1) is 12.9. The molecule has 0 saturated carbocycles. The smallest absolute Gasteiger partial charge is 0.279 e. The molecule has 0 heterocycles. The Morgan fingerprint density at radius 2 is 1.74 bits per heavy atom. The van der Waals surface area contributed by atoms with Crippen LogP contribution in [0.4, 0.5) is 0 Å². The van der Waals surface area contributed by atoms with E-state index in [0.29, 0.717) is 17.9 Å². The van der Waals surface area contributed by atoms with E-state index in [-0.39, 0.29) is 6.61 Å². The van der Waals surface area contributed by atoms with Crippen molar-refractivity contribution in [3.8, 4) is 11.5 Å². The van der Waals surface area contributed by atoms with E-state index >= 15 is 0 Å². The summed E-state index contributed by atoms with van der Waals surface area (Å²) in [5.74, 6) is 0.380. The number of carbonyl (C=O) groups excluding carboxylic acids is 2. The number of hydrogen-bond acceptors (Lipinski definition) is 4. The molecule has 0 spiro atoms. The molecule has 0 aliphatic heterocycles. The number of hydrogen-bond donors (Lipinski definition) is 2. The molecule has 6 heteroatoms. The number of hydrazine groups is 1. The summed E-state index contributed by atoms with van der Waals surface area (Å²) < 4.78 is 11.2. The molecule has 0 saturated heterocycles. The highest BCUT2D eigenvalue weighted by Gasteiger charge is 2.19. The Balaban J connectivity index is 1.81. The molecule has 2 rings (SSSR count). The van der Waals surface area contributed by atoms with Gasteiger partial charge in [-0.25, -0.2) is 0 Å². The van der Waals surface area contributed by atoms with Gasteiger partial charge in [0.25, 0.3) is 11.8 Å². The van der Waals surface area contributed by atoms with Crippen molar-refractivity contribution in [3.05, 3.63) is 59.2 Å². The molecule has 0 aliphatic rings. The number of nitrogens with one attached hydrogen (secondary N) is 2. The summed E-state index contributed by atoms with van der Waals surface area (Å²) in [6.07, 6.45) is -0.235. The molecular weight excluding hydrogens is 344 g/mol. The molecule has 0 bridgehead atoms. The maximum atomic E-state index is 12.2. The first kappa shape index (κ1) is 20.3. The molecule has 1 atom stereocenters. The topological polar surface area (TPSA) is 76.7 Å². The maximum absolute atomic E-state index is 12.2. The fourth-order valence-corrected chi connectivity index (χ4v) is 2.53. The van der Waals surface area contributed by atoms with Gasteiger partial charge < -0.3 is 9.47 Å². The quantitative estimate of drug-likeness (QED) is 0.735. The standard InChI is InChI=1S/C21H26N2O4/c1-5-18(27-17-8-6-7-14(2)12-17)21(25)23-22-20(24)13-26-19-10-9-15(3)11-16(19)4/h6-12,18H,5,13H2,1-4H3,(H,22,24)(H,23,25). The number of rotatable bonds is 7. The average molecular weight is 370 g/mol. The van der Waals surface area contributed by atoms with Crippen LogP contribution < -0.4 is 20.3 Å². The Morgan fingerprint density at radius 1 is 1.00 bits per heavy atom. The average Bonchev–Trinajstić information content (AvgIpc) is 2.63. The van der Waals surface area contributed by atoms with Crippen molar-refractivity contribution >= 4 is 11.8 Å². The third-order valence-electron chi connectivity index (χ3n) is 3.95. The van der Waals surface area contributed by atoms with Crippen molar-refractivity contribution in [2.75, 3.05) is 6.61 Å². The summed E-state index contributed by atoms with van der Waals surface area (Å²) >= 11 is 0. The minimum absolute atomic E-state index is 0.195. The van der Waals surface area contributed by atoms with Crippen molar-refractivity contribution in [1.29, 1.82) is 0 Å². The molecule has 6 nitrogen and oxygen atoms in total. The van der Waals surface area contributed by atoms with Gasteiger partial charge in [-0.1, -0.05) is 36.8 Å². The van der Waals surface area contributed by atoms with Crippen LogP contribution in [0.15, 0.2) is 42.5 Å². The zero-order valence-corrected chi connectivity index (χ0v) is 16.2. The molecule has 2 N–H and O–H groups in total. The fourth-order valence-electron chi connectivity index (χ4n) is 2.53. The number of carbonyl (C=O) groups is 2. The van der Waals surface area contributed by atoms with Gasteiger partial charge in [0, 0.05) is 0 Å². The van der Waals surface area contributed by atoms with Crippen LogP contribution in [0.5, 0.6) is 11.5 Å². The Hall–Kier alpha value is -3.02. The van der Waals surface area contributed by atoms with Gasteiger partial charge in [0.15, 0.2) is 12.7 Å². The molecule has 2 aromatic carbocycles. The van der Waals surface area contributed by atoms with Crippen LogP contribution >= 0.6 is 0 Å². The van der Waals surface area contributed by atoms with Crippen LogP contribution in [0.2, 0.25) is 0 Å². The van der Waals surface area contributed by atoms with E-state index in [1.165, 1.54) is 0 Å². The van der Waals surface area contributed by atoms with Gasteiger partial charge in [-0.3, -0.25) is 20.4 Å². The highest BCUT2D eigenvalue weighted by Crippen LogP contribution is 2.18. The van der Waals surface area contributed by atoms with Gasteiger partial charge in [0.1, 0.15) is 11.5 Å². The van der Waals surface area contributed by atoms with Crippen molar-refractivity contribution in [2.24, 2.45) is 0 Å². The lowest BCUT2D eigenvalue weighted by Gasteiger charge is -2.18. The second-order valence-corrected chi connectivity index (χ2v) is 6.43. The minimum Gasteiger partial charge on any atom is -0.483 e. The van der Waals surface area contributed by atoms with Gasteiger partial charge in [0.2, 0.25) is 0 Å². The zero-order chi connectivity index (χ0) is 19.8. The second-order valence-electron chi connectivity index (χ2n) is 6.43. The van der Waals surface area contributed by atoms with Crippen molar-refractivity contribution < 1.29 is 19.1 Å². The molecule has 0 aliphatic carbocycles. The summed E-state index contributed by atoms with van der Waals surface area (Å²) in [7, 11) is 0. The second kappa shape index (κ2) is 9.62. The summed E-state index contributed by atoms with van der Waals surface area (Å²) in [5.41, 5.74) is 7.85. The predicted molar refractivity (Wildman–Crippen MR) is 104 cm³/mol. The first-order valence-electron chi connectivity index (χ1n) is 8.91.